The number of sulfonamides is 1. The lowest BCUT2D eigenvalue weighted by Gasteiger charge is -2.18. The number of aromatic nitrogens is 1. The summed E-state index contributed by atoms with van der Waals surface area (Å²) in [6.07, 6.45) is -1.01. The van der Waals surface area contributed by atoms with Crippen molar-refractivity contribution in [2.75, 3.05) is 18.2 Å². The van der Waals surface area contributed by atoms with Gasteiger partial charge in [0.25, 0.3) is 0 Å². The Balaban J connectivity index is 2.11. The largest absolute Gasteiger partial charge is 0.392 e. The van der Waals surface area contributed by atoms with Gasteiger partial charge in [0.1, 0.15) is 4.90 Å². The van der Waals surface area contributed by atoms with Crippen molar-refractivity contribution in [1.82, 2.24) is 4.98 Å². The average molecular weight is 509 g/mol. The number of hydrogen-bond acceptors (Lipinski definition) is 11. The number of hydrogen-bond donors (Lipinski definition) is 3. The van der Waals surface area contributed by atoms with Gasteiger partial charge in [-0.25, -0.2) is 32.0 Å². The molecule has 33 heavy (non-hydrogen) atoms. The highest BCUT2D eigenvalue weighted by molar-refractivity contribution is 7.93. The lowest BCUT2D eigenvalue weighted by molar-refractivity contribution is 0.193. The van der Waals surface area contributed by atoms with E-state index in [1.807, 2.05) is 6.07 Å². The monoisotopic (exact) mass is 508 g/mol. The lowest BCUT2D eigenvalue weighted by atomic mass is 9.98. The normalized spacial score (nSPS) is 15.2. The van der Waals surface area contributed by atoms with Crippen LogP contribution in [0.25, 0.3) is 21.3 Å². The van der Waals surface area contributed by atoms with E-state index in [-0.39, 0.29) is 24.5 Å². The van der Waals surface area contributed by atoms with Gasteiger partial charge in [-0.1, -0.05) is 36.5 Å². The maximum Gasteiger partial charge on any atom is 0.240 e. The predicted octanol–water partition coefficient (Wildman–Crippen LogP) is 1.91. The van der Waals surface area contributed by atoms with E-state index >= 15 is 0 Å². The van der Waals surface area contributed by atoms with Crippen molar-refractivity contribution in [1.29, 1.82) is 0 Å². The first-order valence-corrected chi connectivity index (χ1v) is 13.7. The van der Waals surface area contributed by atoms with Gasteiger partial charge in [0.2, 0.25) is 10.0 Å². The predicted molar refractivity (Wildman–Crippen MR) is 125 cm³/mol. The Morgan fingerprint density at radius 3 is 2.55 bits per heavy atom. The van der Waals surface area contributed by atoms with Crippen LogP contribution in [0.3, 0.4) is 0 Å². The van der Waals surface area contributed by atoms with E-state index in [1.165, 1.54) is 17.4 Å². The van der Waals surface area contributed by atoms with Crippen LogP contribution in [0.1, 0.15) is 18.9 Å². The van der Waals surface area contributed by atoms with Crippen molar-refractivity contribution < 1.29 is 21.9 Å². The number of anilines is 1. The van der Waals surface area contributed by atoms with Crippen LogP contribution in [0.5, 0.6) is 0 Å². The molecule has 11 nitrogen and oxygen atoms in total. The van der Waals surface area contributed by atoms with Crippen molar-refractivity contribution in [2.24, 2.45) is 20.4 Å². The van der Waals surface area contributed by atoms with E-state index in [4.69, 9.17) is 10.9 Å². The zero-order valence-electron chi connectivity index (χ0n) is 17.3. The minimum Gasteiger partial charge on any atom is -0.392 e. The molecule has 0 saturated heterocycles. The van der Waals surface area contributed by atoms with Crippen LogP contribution in [0, 0.1) is 0 Å². The quantitative estimate of drug-likeness (QED) is 0.434. The third-order valence-corrected chi connectivity index (χ3v) is 8.83. The molecule has 0 spiro atoms. The second-order valence-electron chi connectivity index (χ2n) is 7.27. The molecule has 1 atom stereocenters. The highest BCUT2D eigenvalue weighted by Gasteiger charge is 2.33. The van der Waals surface area contributed by atoms with Gasteiger partial charge in [-0.15, -0.1) is 5.11 Å². The molecule has 2 heterocycles. The summed E-state index contributed by atoms with van der Waals surface area (Å²) in [5.41, 5.74) is 7.10. The maximum atomic E-state index is 13.1. The summed E-state index contributed by atoms with van der Waals surface area (Å²) in [5, 5.41) is 23.5. The summed E-state index contributed by atoms with van der Waals surface area (Å²) < 4.78 is 52.5. The number of nitrogen functional groups attached to an aromatic ring is 1. The molecule has 1 aromatic heterocycles. The summed E-state index contributed by atoms with van der Waals surface area (Å²) >= 11 is 1.25. The van der Waals surface area contributed by atoms with E-state index < -0.39 is 41.5 Å². The third kappa shape index (κ3) is 4.39. The summed E-state index contributed by atoms with van der Waals surface area (Å²) in [5.74, 6) is -0.737. The Kier molecular flexibility index (Phi) is 6.05. The molecule has 5 N–H and O–H groups in total. The standard InChI is InChI=1S/C19H20N6O5S3/c1-2-10(26)8-32(27,28)14-7-6-11(12-4-3-5-13-16(12)24-19(20)31-13)15(17(14)33(21,29)30)18-22-9-23-25-18/h3-7,10,26H,2,8-9H2,1H3,(H2,20,24)(H2,21,29,30)/t10-/m0/s1. The van der Waals surface area contributed by atoms with Crippen molar-refractivity contribution >= 4 is 52.4 Å². The molecule has 0 radical (unpaired) electrons. The molecule has 4 rings (SSSR count). The number of benzene rings is 2. The van der Waals surface area contributed by atoms with E-state index in [2.05, 4.69) is 20.2 Å². The molecule has 0 aliphatic carbocycles. The molecule has 174 valence electrons. The zero-order valence-corrected chi connectivity index (χ0v) is 19.8. The molecule has 0 saturated carbocycles. The molecular formula is C19H20N6O5S3. The lowest BCUT2D eigenvalue weighted by Crippen LogP contribution is -2.25. The fourth-order valence-corrected chi connectivity index (χ4v) is 7.45. The second kappa shape index (κ2) is 8.53. The SMILES string of the molecule is CC[C@H](O)CS(=O)(=O)c1ccc(-c2cccc3sc(N)nc23)c(C2=NCN=N2)c1S(N)(=O)=O. The van der Waals surface area contributed by atoms with E-state index in [0.717, 1.165) is 10.8 Å². The van der Waals surface area contributed by atoms with Gasteiger partial charge >= 0.3 is 0 Å². The second-order valence-corrected chi connectivity index (χ2v) is 11.8. The molecule has 14 heteroatoms. The number of para-hydroxylation sites is 1. The molecule has 3 aromatic rings. The minimum absolute atomic E-state index is 0.0434. The minimum atomic E-state index is -4.59. The van der Waals surface area contributed by atoms with Crippen LogP contribution in [-0.2, 0) is 19.9 Å². The van der Waals surface area contributed by atoms with Crippen LogP contribution >= 0.6 is 11.3 Å². The van der Waals surface area contributed by atoms with Gasteiger partial charge in [0, 0.05) is 5.56 Å². The van der Waals surface area contributed by atoms with Crippen molar-refractivity contribution in [3.63, 3.8) is 0 Å². The van der Waals surface area contributed by atoms with Crippen LogP contribution < -0.4 is 10.9 Å². The number of amidine groups is 1. The van der Waals surface area contributed by atoms with Gasteiger partial charge in [0.15, 0.2) is 27.5 Å². The number of primary sulfonamides is 1. The number of azo groups is 1. The van der Waals surface area contributed by atoms with Crippen LogP contribution in [-0.4, -0.2) is 51.3 Å². The first kappa shape index (κ1) is 23.4. The highest BCUT2D eigenvalue weighted by atomic mass is 32.2. The van der Waals surface area contributed by atoms with Crippen molar-refractivity contribution in [3.8, 4) is 11.1 Å². The number of thiazole rings is 1. The first-order valence-electron chi connectivity index (χ1n) is 9.71. The fraction of sp³-hybridized carbons (Fsp3) is 0.263. The van der Waals surface area contributed by atoms with E-state index in [9.17, 15) is 21.9 Å². The summed E-state index contributed by atoms with van der Waals surface area (Å²) in [7, 11) is -8.84. The molecule has 0 fully saturated rings. The topological polar surface area (TPSA) is 191 Å². The Labute approximate surface area is 193 Å². The Morgan fingerprint density at radius 2 is 1.91 bits per heavy atom. The number of nitrogens with zero attached hydrogens (tertiary/aromatic N) is 4. The highest BCUT2D eigenvalue weighted by Crippen LogP contribution is 2.39. The van der Waals surface area contributed by atoms with Crippen molar-refractivity contribution in [2.45, 2.75) is 29.2 Å². The van der Waals surface area contributed by atoms with Gasteiger partial charge < -0.3 is 10.8 Å². The Bertz CT molecular complexity index is 1530. The average Bonchev–Trinajstić information content (AvgIpc) is 3.40. The Morgan fingerprint density at radius 1 is 1.15 bits per heavy atom. The molecule has 1 aliphatic heterocycles. The number of sulfone groups is 1. The first-order chi connectivity index (χ1) is 15.5. The number of aliphatic imine (C=N–C) groups is 1. The molecule has 0 unspecified atom stereocenters. The van der Waals surface area contributed by atoms with Gasteiger partial charge in [-0.3, -0.25) is 0 Å². The van der Waals surface area contributed by atoms with E-state index in [0.29, 0.717) is 21.8 Å². The Hall–Kier alpha value is -2.78. The van der Waals surface area contributed by atoms with E-state index in [1.54, 1.807) is 19.1 Å². The van der Waals surface area contributed by atoms with Gasteiger partial charge in [0.05, 0.1) is 32.5 Å². The third-order valence-electron chi connectivity index (χ3n) is 5.02. The van der Waals surface area contributed by atoms with Gasteiger partial charge in [-0.05, 0) is 24.1 Å². The maximum absolute atomic E-state index is 13.1. The molecule has 0 amide bonds. The molecule has 2 aromatic carbocycles. The molecule has 1 aliphatic rings. The molecular weight excluding hydrogens is 488 g/mol. The van der Waals surface area contributed by atoms with Crippen LogP contribution in [0.2, 0.25) is 0 Å². The summed E-state index contributed by atoms with van der Waals surface area (Å²) in [4.78, 5) is 7.28. The number of fused-ring (bicyclic) bond motifs is 1. The zero-order chi connectivity index (χ0) is 24.0. The van der Waals surface area contributed by atoms with Crippen LogP contribution in [0.15, 0.2) is 55.3 Å². The van der Waals surface area contributed by atoms with Gasteiger partial charge in [-0.2, -0.15) is 5.11 Å². The number of aliphatic hydroxyl groups is 1. The number of aliphatic hydroxyl groups excluding tert-OH is 1. The fourth-order valence-electron chi connectivity index (χ4n) is 3.54. The number of rotatable bonds is 7. The van der Waals surface area contributed by atoms with Crippen LogP contribution in [0.4, 0.5) is 5.13 Å². The smallest absolute Gasteiger partial charge is 0.240 e. The summed E-state index contributed by atoms with van der Waals surface area (Å²) in [6, 6.07) is 7.88. The molecule has 0 bridgehead atoms. The van der Waals surface area contributed by atoms with Crippen molar-refractivity contribution in [3.05, 3.63) is 35.9 Å². The number of nitrogens with two attached hydrogens (primary N) is 2. The summed E-state index contributed by atoms with van der Waals surface area (Å²) in [6.45, 7) is 1.57.